The summed E-state index contributed by atoms with van der Waals surface area (Å²) >= 11 is 0. The lowest BCUT2D eigenvalue weighted by Gasteiger charge is -2.22. The monoisotopic (exact) mass is 627 g/mol. The molecule has 7 aromatic rings. The normalized spacial score (nSPS) is 12.4. The van der Waals surface area contributed by atoms with E-state index in [1.54, 1.807) is 6.07 Å². The van der Waals surface area contributed by atoms with Crippen LogP contribution in [0.25, 0.3) is 72.3 Å². The maximum Gasteiger partial charge on any atom is 0.196 e. The van der Waals surface area contributed by atoms with E-state index in [-0.39, 0.29) is 0 Å². The van der Waals surface area contributed by atoms with Crippen molar-refractivity contribution in [2.75, 3.05) is 0 Å². The average molecular weight is 628 g/mol. The van der Waals surface area contributed by atoms with Crippen molar-refractivity contribution in [2.45, 2.75) is 19.3 Å². The number of pyridine rings is 1. The molecule has 0 saturated heterocycles. The number of rotatable bonds is 5. The molecular formula is C44H29N5. The standard InChI is InChI=1S/C44H29N5/c1-44(2)36-25-31(17-18-35(36)42-37(44)20-28(27-45)21-41(42)46-3)32-22-33(38-16-10-11-19-47-38)24-34(23-32)40-26-39(29-12-6-4-7-13-29)48-43(49-40)30-14-8-5-9-15-30/h4-26H,1-2H3. The topological polar surface area (TPSA) is 66.8 Å². The number of aromatic nitrogens is 3. The Balaban J connectivity index is 1.33. The highest BCUT2D eigenvalue weighted by Gasteiger charge is 2.37. The summed E-state index contributed by atoms with van der Waals surface area (Å²) in [6.07, 6.45) is 1.81. The molecule has 0 fully saturated rings. The fourth-order valence-corrected chi connectivity index (χ4v) is 6.85. The number of nitrogens with zero attached hydrogens (tertiary/aromatic N) is 5. The minimum absolute atomic E-state index is 0.393. The van der Waals surface area contributed by atoms with E-state index in [1.165, 1.54) is 0 Å². The van der Waals surface area contributed by atoms with Crippen LogP contribution in [0.15, 0.2) is 140 Å². The number of nitriles is 1. The molecule has 5 nitrogen and oxygen atoms in total. The summed E-state index contributed by atoms with van der Waals surface area (Å²) in [7, 11) is 0. The summed E-state index contributed by atoms with van der Waals surface area (Å²) < 4.78 is 0. The first-order valence-electron chi connectivity index (χ1n) is 16.1. The van der Waals surface area contributed by atoms with Gasteiger partial charge in [-0.25, -0.2) is 14.8 Å². The molecule has 230 valence electrons. The van der Waals surface area contributed by atoms with E-state index in [4.69, 9.17) is 21.5 Å². The molecular weight excluding hydrogens is 599 g/mol. The summed E-state index contributed by atoms with van der Waals surface area (Å²) in [6.45, 7) is 12.2. The van der Waals surface area contributed by atoms with Crippen molar-refractivity contribution in [3.8, 4) is 73.5 Å². The smallest absolute Gasteiger partial charge is 0.196 e. The third-order valence-electron chi connectivity index (χ3n) is 9.35. The van der Waals surface area contributed by atoms with Gasteiger partial charge in [-0.1, -0.05) is 92.7 Å². The SMILES string of the molecule is [C-]#[N+]c1cc(C#N)cc2c1-c1ccc(-c3cc(-c4ccccn4)cc(-c4cc(-c5ccccc5)nc(-c5ccccc5)n4)c3)cc1C2(C)C. The zero-order valence-corrected chi connectivity index (χ0v) is 27.0. The van der Waals surface area contributed by atoms with Gasteiger partial charge in [-0.3, -0.25) is 4.98 Å². The van der Waals surface area contributed by atoms with E-state index in [9.17, 15) is 5.26 Å². The summed E-state index contributed by atoms with van der Waals surface area (Å²) in [4.78, 5) is 18.7. The molecule has 0 radical (unpaired) electrons. The van der Waals surface area contributed by atoms with Gasteiger partial charge in [0.2, 0.25) is 0 Å². The van der Waals surface area contributed by atoms with Gasteiger partial charge in [-0.15, -0.1) is 0 Å². The molecule has 0 spiro atoms. The molecule has 1 aliphatic carbocycles. The Labute approximate surface area is 285 Å². The van der Waals surface area contributed by atoms with Crippen molar-refractivity contribution in [2.24, 2.45) is 0 Å². The second-order valence-electron chi connectivity index (χ2n) is 12.7. The number of fused-ring (bicyclic) bond motifs is 3. The number of benzene rings is 5. The van der Waals surface area contributed by atoms with Crippen molar-refractivity contribution in [3.05, 3.63) is 168 Å². The van der Waals surface area contributed by atoms with Gasteiger partial charge in [-0.2, -0.15) is 5.26 Å². The van der Waals surface area contributed by atoms with E-state index in [1.807, 2.05) is 79.0 Å². The van der Waals surface area contributed by atoms with Gasteiger partial charge in [-0.05, 0) is 88.0 Å². The molecule has 5 heteroatoms. The molecule has 0 atom stereocenters. The van der Waals surface area contributed by atoms with Crippen LogP contribution in [0.2, 0.25) is 0 Å². The molecule has 5 aromatic carbocycles. The molecule has 0 unspecified atom stereocenters. The fourth-order valence-electron chi connectivity index (χ4n) is 6.85. The molecule has 0 aliphatic heterocycles. The van der Waals surface area contributed by atoms with E-state index < -0.39 is 5.41 Å². The van der Waals surface area contributed by atoms with Gasteiger partial charge >= 0.3 is 0 Å². The molecule has 2 heterocycles. The van der Waals surface area contributed by atoms with Crippen LogP contribution >= 0.6 is 0 Å². The van der Waals surface area contributed by atoms with Gasteiger partial charge in [0.25, 0.3) is 0 Å². The fraction of sp³-hybridized carbons (Fsp3) is 0.0682. The first-order valence-corrected chi connectivity index (χ1v) is 16.1. The Morgan fingerprint density at radius 2 is 1.24 bits per heavy atom. The Kier molecular flexibility index (Phi) is 7.17. The van der Waals surface area contributed by atoms with E-state index >= 15 is 0 Å². The van der Waals surface area contributed by atoms with Crippen LogP contribution < -0.4 is 0 Å². The predicted molar refractivity (Wildman–Crippen MR) is 196 cm³/mol. The lowest BCUT2D eigenvalue weighted by Crippen LogP contribution is -2.15. The Hall–Kier alpha value is -6.69. The van der Waals surface area contributed by atoms with Crippen molar-refractivity contribution >= 4 is 5.69 Å². The van der Waals surface area contributed by atoms with Crippen LogP contribution in [0, 0.1) is 17.9 Å². The first kappa shape index (κ1) is 29.7. The zero-order chi connectivity index (χ0) is 33.5. The largest absolute Gasteiger partial charge is 0.256 e. The highest BCUT2D eigenvalue weighted by molar-refractivity contribution is 5.93. The second kappa shape index (κ2) is 11.8. The molecule has 0 bridgehead atoms. The minimum atomic E-state index is -0.393. The highest BCUT2D eigenvalue weighted by atomic mass is 14.9. The van der Waals surface area contributed by atoms with Gasteiger partial charge < -0.3 is 0 Å². The molecule has 8 rings (SSSR count). The maximum atomic E-state index is 9.71. The third kappa shape index (κ3) is 5.25. The molecule has 49 heavy (non-hydrogen) atoms. The van der Waals surface area contributed by atoms with Gasteiger partial charge in [0.15, 0.2) is 11.5 Å². The quantitative estimate of drug-likeness (QED) is 0.178. The Bertz CT molecular complexity index is 2410. The molecule has 1 aliphatic rings. The summed E-state index contributed by atoms with van der Waals surface area (Å²) in [5, 5.41) is 9.71. The van der Waals surface area contributed by atoms with Crippen LogP contribution in [0.5, 0.6) is 0 Å². The Morgan fingerprint density at radius 3 is 1.92 bits per heavy atom. The van der Waals surface area contributed by atoms with Gasteiger partial charge in [0, 0.05) is 39.4 Å². The zero-order valence-electron chi connectivity index (χ0n) is 27.0. The lowest BCUT2D eigenvalue weighted by molar-refractivity contribution is 0.660. The average Bonchev–Trinajstić information content (AvgIpc) is 3.40. The summed E-state index contributed by atoms with van der Waals surface area (Å²) in [5.74, 6) is 0.658. The number of hydrogen-bond acceptors (Lipinski definition) is 4. The highest BCUT2D eigenvalue weighted by Crippen LogP contribution is 2.53. The third-order valence-corrected chi connectivity index (χ3v) is 9.35. The van der Waals surface area contributed by atoms with Gasteiger partial charge in [0.05, 0.1) is 29.7 Å². The van der Waals surface area contributed by atoms with E-state index in [0.29, 0.717) is 17.1 Å². The summed E-state index contributed by atoms with van der Waals surface area (Å²) in [6, 6.07) is 47.2. The summed E-state index contributed by atoms with van der Waals surface area (Å²) in [5.41, 5.74) is 13.2. The van der Waals surface area contributed by atoms with Crippen LogP contribution in [0.1, 0.15) is 30.5 Å². The molecule has 0 N–H and O–H groups in total. The molecule has 2 aromatic heterocycles. The van der Waals surface area contributed by atoms with E-state index in [0.717, 1.165) is 72.7 Å². The van der Waals surface area contributed by atoms with Crippen LogP contribution in [-0.2, 0) is 5.41 Å². The Morgan fingerprint density at radius 1 is 0.592 bits per heavy atom. The maximum absolute atomic E-state index is 9.71. The second-order valence-corrected chi connectivity index (χ2v) is 12.7. The van der Waals surface area contributed by atoms with Crippen molar-refractivity contribution in [1.82, 2.24) is 15.0 Å². The van der Waals surface area contributed by atoms with Crippen LogP contribution in [-0.4, -0.2) is 15.0 Å². The van der Waals surface area contributed by atoms with E-state index in [2.05, 4.69) is 79.4 Å². The molecule has 0 saturated carbocycles. The number of hydrogen-bond donors (Lipinski definition) is 0. The molecule has 0 amide bonds. The van der Waals surface area contributed by atoms with Crippen LogP contribution in [0.4, 0.5) is 5.69 Å². The van der Waals surface area contributed by atoms with Crippen molar-refractivity contribution < 1.29 is 0 Å². The van der Waals surface area contributed by atoms with Crippen molar-refractivity contribution in [1.29, 1.82) is 5.26 Å². The predicted octanol–water partition coefficient (Wildman–Crippen LogP) is 10.9. The van der Waals surface area contributed by atoms with Crippen LogP contribution in [0.3, 0.4) is 0 Å². The first-order chi connectivity index (χ1) is 23.9. The van der Waals surface area contributed by atoms with Gasteiger partial charge in [0.1, 0.15) is 0 Å². The lowest BCUT2D eigenvalue weighted by atomic mass is 9.81. The van der Waals surface area contributed by atoms with Crippen molar-refractivity contribution in [3.63, 3.8) is 0 Å². The minimum Gasteiger partial charge on any atom is -0.256 e.